The number of hydrogen-bond acceptors (Lipinski definition) is 3. The quantitative estimate of drug-likeness (QED) is 0.863. The molecule has 0 aliphatic heterocycles. The normalized spacial score (nSPS) is 11.2. The van der Waals surface area contributed by atoms with Gasteiger partial charge in [-0.2, -0.15) is 0 Å². The van der Waals surface area contributed by atoms with Gasteiger partial charge >= 0.3 is 0 Å². The predicted octanol–water partition coefficient (Wildman–Crippen LogP) is 3.70. The molecule has 1 N–H and O–H groups in total. The van der Waals surface area contributed by atoms with E-state index in [9.17, 15) is 13.2 Å². The van der Waals surface area contributed by atoms with E-state index in [1.54, 1.807) is 25.1 Å². The molecule has 0 aliphatic rings. The Balaban J connectivity index is 1.94. The second kappa shape index (κ2) is 7.62. The summed E-state index contributed by atoms with van der Waals surface area (Å²) in [5, 5.41) is 3.40. The molecule has 122 valence electrons. The second-order valence-electron chi connectivity index (χ2n) is 5.07. The summed E-state index contributed by atoms with van der Waals surface area (Å²) in [4.78, 5) is 12.2. The van der Waals surface area contributed by atoms with E-state index in [-0.39, 0.29) is 16.6 Å². The molecule has 0 aromatic heterocycles. The number of benzene rings is 2. The van der Waals surface area contributed by atoms with Crippen molar-refractivity contribution in [3.63, 3.8) is 0 Å². The lowest BCUT2D eigenvalue weighted by Gasteiger charge is -2.07. The third-order valence-corrected chi connectivity index (χ3v) is 5.58. The largest absolute Gasteiger partial charge is 0.326 e. The van der Waals surface area contributed by atoms with Crippen LogP contribution in [0.4, 0.5) is 5.69 Å². The Labute approximate surface area is 141 Å². The Bertz CT molecular complexity index is 786. The van der Waals surface area contributed by atoms with E-state index in [1.807, 2.05) is 18.2 Å². The molecule has 0 bridgehead atoms. The molecule has 0 fully saturated rings. The van der Waals surface area contributed by atoms with Crippen molar-refractivity contribution in [1.29, 1.82) is 0 Å². The van der Waals surface area contributed by atoms with E-state index in [4.69, 9.17) is 11.6 Å². The number of anilines is 1. The van der Waals surface area contributed by atoms with Crippen LogP contribution in [0.25, 0.3) is 0 Å². The van der Waals surface area contributed by atoms with Gasteiger partial charge in [0.1, 0.15) is 0 Å². The molecule has 0 saturated carbocycles. The molecule has 0 radical (unpaired) electrons. The van der Waals surface area contributed by atoms with E-state index in [0.29, 0.717) is 23.6 Å². The first-order chi connectivity index (χ1) is 10.9. The minimum Gasteiger partial charge on any atom is -0.326 e. The van der Waals surface area contributed by atoms with E-state index in [2.05, 4.69) is 5.32 Å². The van der Waals surface area contributed by atoms with Gasteiger partial charge in [0.2, 0.25) is 5.91 Å². The minimum atomic E-state index is -3.22. The fourth-order valence-electron chi connectivity index (χ4n) is 2.09. The number of rotatable bonds is 6. The summed E-state index contributed by atoms with van der Waals surface area (Å²) in [7, 11) is -3.22. The van der Waals surface area contributed by atoms with Crippen molar-refractivity contribution in [3.05, 3.63) is 59.1 Å². The van der Waals surface area contributed by atoms with Crippen molar-refractivity contribution < 1.29 is 13.2 Å². The Hall–Kier alpha value is -1.85. The van der Waals surface area contributed by atoms with E-state index in [0.717, 1.165) is 5.56 Å². The van der Waals surface area contributed by atoms with Gasteiger partial charge in [0, 0.05) is 17.1 Å². The van der Waals surface area contributed by atoms with Crippen LogP contribution in [0.5, 0.6) is 0 Å². The maximum atomic E-state index is 12.0. The van der Waals surface area contributed by atoms with E-state index < -0.39 is 9.84 Å². The van der Waals surface area contributed by atoms with E-state index >= 15 is 0 Å². The Morgan fingerprint density at radius 3 is 2.35 bits per heavy atom. The van der Waals surface area contributed by atoms with Gasteiger partial charge in [-0.15, -0.1) is 0 Å². The van der Waals surface area contributed by atoms with Gasteiger partial charge in [-0.25, -0.2) is 8.42 Å². The van der Waals surface area contributed by atoms with Crippen LogP contribution < -0.4 is 5.32 Å². The smallest absolute Gasteiger partial charge is 0.224 e. The third kappa shape index (κ3) is 4.81. The molecule has 2 aromatic rings. The van der Waals surface area contributed by atoms with Crippen molar-refractivity contribution in [2.24, 2.45) is 0 Å². The van der Waals surface area contributed by atoms with Crippen LogP contribution in [-0.4, -0.2) is 20.1 Å². The summed E-state index contributed by atoms with van der Waals surface area (Å²) >= 11 is 6.05. The summed E-state index contributed by atoms with van der Waals surface area (Å²) in [6.07, 6.45) is 0.854. The molecule has 0 unspecified atom stereocenters. The summed E-state index contributed by atoms with van der Waals surface area (Å²) in [6.45, 7) is 1.60. The molecule has 1 amide bonds. The second-order valence-corrected chi connectivity index (χ2v) is 7.75. The fourth-order valence-corrected chi connectivity index (χ4v) is 3.20. The molecule has 0 spiro atoms. The van der Waals surface area contributed by atoms with Gasteiger partial charge < -0.3 is 5.32 Å². The first-order valence-electron chi connectivity index (χ1n) is 7.28. The molecule has 4 nitrogen and oxygen atoms in total. The molecule has 2 rings (SSSR count). The highest BCUT2D eigenvalue weighted by Gasteiger charge is 2.11. The zero-order valence-electron chi connectivity index (χ0n) is 12.8. The lowest BCUT2D eigenvalue weighted by atomic mass is 10.1. The maximum absolute atomic E-state index is 12.0. The molecule has 0 heterocycles. The topological polar surface area (TPSA) is 63.2 Å². The Morgan fingerprint density at radius 1 is 1.09 bits per heavy atom. The summed E-state index contributed by atoms with van der Waals surface area (Å²) in [6, 6.07) is 13.6. The van der Waals surface area contributed by atoms with Crippen molar-refractivity contribution in [2.75, 3.05) is 11.1 Å². The molecule has 0 atom stereocenters. The van der Waals surface area contributed by atoms with Gasteiger partial charge in [-0.05, 0) is 42.3 Å². The van der Waals surface area contributed by atoms with Crippen LogP contribution in [0.3, 0.4) is 0 Å². The number of halogens is 1. The SMILES string of the molecule is CCS(=O)(=O)c1ccc(NC(=O)CCc2ccccc2Cl)cc1. The van der Waals surface area contributed by atoms with Crippen LogP contribution in [-0.2, 0) is 21.1 Å². The number of nitrogens with one attached hydrogen (secondary N) is 1. The highest BCUT2D eigenvalue weighted by molar-refractivity contribution is 7.91. The lowest BCUT2D eigenvalue weighted by Crippen LogP contribution is -2.12. The summed E-state index contributed by atoms with van der Waals surface area (Å²) < 4.78 is 23.5. The molecule has 0 saturated heterocycles. The minimum absolute atomic E-state index is 0.0521. The van der Waals surface area contributed by atoms with Crippen LogP contribution in [0.15, 0.2) is 53.4 Å². The van der Waals surface area contributed by atoms with Crippen LogP contribution in [0.2, 0.25) is 5.02 Å². The number of amides is 1. The highest BCUT2D eigenvalue weighted by atomic mass is 35.5. The number of carbonyl (C=O) groups excluding carboxylic acids is 1. The fraction of sp³-hybridized carbons (Fsp3) is 0.235. The van der Waals surface area contributed by atoms with Crippen LogP contribution in [0.1, 0.15) is 18.9 Å². The lowest BCUT2D eigenvalue weighted by molar-refractivity contribution is -0.116. The van der Waals surface area contributed by atoms with Gasteiger partial charge in [0.05, 0.1) is 10.6 Å². The number of aryl methyl sites for hydroxylation is 1. The van der Waals surface area contributed by atoms with Crippen molar-refractivity contribution in [2.45, 2.75) is 24.7 Å². The van der Waals surface area contributed by atoms with Crippen LogP contribution in [0, 0.1) is 0 Å². The average Bonchev–Trinajstić information content (AvgIpc) is 2.54. The highest BCUT2D eigenvalue weighted by Crippen LogP contribution is 2.18. The summed E-state index contributed by atoms with van der Waals surface area (Å²) in [5.41, 5.74) is 1.50. The Morgan fingerprint density at radius 2 is 1.74 bits per heavy atom. The maximum Gasteiger partial charge on any atom is 0.224 e. The molecular formula is C17H18ClNO3S. The molecule has 23 heavy (non-hydrogen) atoms. The van der Waals surface area contributed by atoms with Crippen LogP contribution >= 0.6 is 11.6 Å². The monoisotopic (exact) mass is 351 g/mol. The predicted molar refractivity (Wildman–Crippen MR) is 92.6 cm³/mol. The zero-order chi connectivity index (χ0) is 16.9. The molecular weight excluding hydrogens is 334 g/mol. The van der Waals surface area contributed by atoms with Crippen molar-refractivity contribution in [3.8, 4) is 0 Å². The number of hydrogen-bond donors (Lipinski definition) is 1. The zero-order valence-corrected chi connectivity index (χ0v) is 14.3. The first-order valence-corrected chi connectivity index (χ1v) is 9.31. The molecule has 0 aliphatic carbocycles. The Kier molecular flexibility index (Phi) is 5.80. The van der Waals surface area contributed by atoms with E-state index in [1.165, 1.54) is 12.1 Å². The molecule has 6 heteroatoms. The number of sulfone groups is 1. The standard InChI is InChI=1S/C17H18ClNO3S/c1-2-23(21,22)15-10-8-14(9-11-15)19-17(20)12-7-13-5-3-4-6-16(13)18/h3-6,8-11H,2,7,12H2,1H3,(H,19,20). The van der Waals surface area contributed by atoms with Crippen molar-refractivity contribution in [1.82, 2.24) is 0 Å². The van der Waals surface area contributed by atoms with Gasteiger partial charge in [-0.1, -0.05) is 36.7 Å². The van der Waals surface area contributed by atoms with Crippen molar-refractivity contribution >= 4 is 33.0 Å². The molecule has 2 aromatic carbocycles. The van der Waals surface area contributed by atoms with Gasteiger partial charge in [0.15, 0.2) is 9.84 Å². The van der Waals surface area contributed by atoms with Gasteiger partial charge in [0.25, 0.3) is 0 Å². The average molecular weight is 352 g/mol. The van der Waals surface area contributed by atoms with Gasteiger partial charge in [-0.3, -0.25) is 4.79 Å². The summed E-state index contributed by atoms with van der Waals surface area (Å²) in [5.74, 6) is -0.0905. The third-order valence-electron chi connectivity index (χ3n) is 3.46. The number of carbonyl (C=O) groups is 1. The first kappa shape index (κ1) is 17.5.